The van der Waals surface area contributed by atoms with E-state index in [4.69, 9.17) is 0 Å². The van der Waals surface area contributed by atoms with Gasteiger partial charge in [-0.1, -0.05) is 24.3 Å². The molecule has 32 heavy (non-hydrogen) atoms. The molecule has 0 saturated heterocycles. The first-order chi connectivity index (χ1) is 15.4. The molecule has 0 radical (unpaired) electrons. The molecule has 0 aliphatic carbocycles. The maximum Gasteiger partial charge on any atom is 0.230 e. The van der Waals surface area contributed by atoms with Crippen molar-refractivity contribution in [3.05, 3.63) is 75.7 Å². The number of anilines is 2. The van der Waals surface area contributed by atoms with Crippen LogP contribution in [0.25, 0.3) is 10.6 Å². The molecule has 1 amide bonds. The largest absolute Gasteiger partial charge is 0.315 e. The Balaban J connectivity index is 1.33. The molecule has 8 heteroatoms. The fourth-order valence-corrected chi connectivity index (χ4v) is 5.72. The van der Waals surface area contributed by atoms with Crippen molar-refractivity contribution in [2.75, 3.05) is 16.7 Å². The van der Waals surface area contributed by atoms with E-state index >= 15 is 0 Å². The Morgan fingerprint density at radius 2 is 1.88 bits per heavy atom. The van der Waals surface area contributed by atoms with Crippen molar-refractivity contribution in [3.63, 3.8) is 0 Å². The molecule has 4 rings (SSSR count). The topological polar surface area (TPSA) is 58.1 Å². The number of hydrogen-bond acceptors (Lipinski definition) is 7. The van der Waals surface area contributed by atoms with Crippen LogP contribution in [0.4, 0.5) is 10.8 Å². The molecule has 0 spiro atoms. The first kappa shape index (κ1) is 22.5. The van der Waals surface area contributed by atoms with Crippen LogP contribution in [0.5, 0.6) is 0 Å². The minimum Gasteiger partial charge on any atom is -0.315 e. The molecule has 2 aromatic heterocycles. The molecule has 0 unspecified atom stereocenters. The Bertz CT molecular complexity index is 1230. The second-order valence-corrected chi connectivity index (χ2v) is 10.7. The molecule has 164 valence electrons. The first-order valence-corrected chi connectivity index (χ1v) is 12.6. The normalized spacial score (nSPS) is 10.9. The number of aromatic nitrogens is 2. The summed E-state index contributed by atoms with van der Waals surface area (Å²) in [6, 6.07) is 16.5. The number of aryl methyl sites for hydroxylation is 3. The highest BCUT2D eigenvalue weighted by Gasteiger charge is 2.13. The second kappa shape index (κ2) is 9.85. The Morgan fingerprint density at radius 1 is 1.09 bits per heavy atom. The van der Waals surface area contributed by atoms with Crippen LogP contribution in [0, 0.1) is 20.8 Å². The summed E-state index contributed by atoms with van der Waals surface area (Å²) in [7, 11) is 2.05. The summed E-state index contributed by atoms with van der Waals surface area (Å²) in [4.78, 5) is 23.7. The predicted molar refractivity (Wildman–Crippen MR) is 137 cm³/mol. The standard InChI is InChI=1S/C24H24N4OS3/c1-15-6-5-7-19(12-15)28(4)32-20-10-8-18(9-11-20)13-22(29)27-24-26-21(14-30-24)23-16(2)25-17(3)31-23/h5-12,14H,13H2,1-4H3,(H,26,27,29). The number of thiazole rings is 2. The number of hydrogen-bond donors (Lipinski definition) is 1. The summed E-state index contributed by atoms with van der Waals surface area (Å²) >= 11 is 4.72. The van der Waals surface area contributed by atoms with E-state index in [2.05, 4.69) is 70.0 Å². The molecule has 2 heterocycles. The van der Waals surface area contributed by atoms with Gasteiger partial charge in [0.1, 0.15) is 0 Å². The highest BCUT2D eigenvalue weighted by molar-refractivity contribution is 8.00. The minimum absolute atomic E-state index is 0.0691. The molecule has 4 aromatic rings. The lowest BCUT2D eigenvalue weighted by molar-refractivity contribution is -0.115. The van der Waals surface area contributed by atoms with Crippen molar-refractivity contribution in [3.8, 4) is 10.6 Å². The van der Waals surface area contributed by atoms with Crippen LogP contribution < -0.4 is 9.62 Å². The van der Waals surface area contributed by atoms with Gasteiger partial charge in [-0.15, -0.1) is 22.7 Å². The van der Waals surface area contributed by atoms with Gasteiger partial charge in [0.2, 0.25) is 5.91 Å². The number of carbonyl (C=O) groups excluding carboxylic acids is 1. The average molecular weight is 481 g/mol. The van der Waals surface area contributed by atoms with Gasteiger partial charge in [-0.05, 0) is 68.1 Å². The third kappa shape index (κ3) is 5.56. The smallest absolute Gasteiger partial charge is 0.230 e. The van der Waals surface area contributed by atoms with Crippen LogP contribution in [0.15, 0.2) is 58.8 Å². The molecule has 1 N–H and O–H groups in total. The van der Waals surface area contributed by atoms with Gasteiger partial charge < -0.3 is 9.62 Å². The van der Waals surface area contributed by atoms with Crippen molar-refractivity contribution >= 4 is 51.3 Å². The van der Waals surface area contributed by atoms with E-state index in [0.29, 0.717) is 11.6 Å². The Kier molecular flexibility index (Phi) is 6.93. The van der Waals surface area contributed by atoms with E-state index in [9.17, 15) is 4.79 Å². The van der Waals surface area contributed by atoms with Gasteiger partial charge in [-0.2, -0.15) is 0 Å². The lowest BCUT2D eigenvalue weighted by atomic mass is 10.1. The fourth-order valence-electron chi connectivity index (χ4n) is 3.26. The van der Waals surface area contributed by atoms with Crippen LogP contribution in [-0.4, -0.2) is 22.9 Å². The molecule has 0 bridgehead atoms. The number of nitrogens with one attached hydrogen (secondary N) is 1. The third-order valence-corrected chi connectivity index (χ3v) is 7.60. The monoisotopic (exact) mass is 480 g/mol. The fraction of sp³-hybridized carbons (Fsp3) is 0.208. The van der Waals surface area contributed by atoms with Gasteiger partial charge in [-0.3, -0.25) is 4.79 Å². The van der Waals surface area contributed by atoms with Crippen molar-refractivity contribution in [1.29, 1.82) is 0 Å². The summed E-state index contributed by atoms with van der Waals surface area (Å²) in [5.74, 6) is -0.0691. The number of amides is 1. The van der Waals surface area contributed by atoms with E-state index in [1.54, 1.807) is 23.3 Å². The highest BCUT2D eigenvalue weighted by Crippen LogP contribution is 2.32. The van der Waals surface area contributed by atoms with Crippen LogP contribution >= 0.6 is 34.6 Å². The molecule has 2 aromatic carbocycles. The minimum atomic E-state index is -0.0691. The lowest BCUT2D eigenvalue weighted by Gasteiger charge is -2.18. The van der Waals surface area contributed by atoms with E-state index < -0.39 is 0 Å². The zero-order valence-electron chi connectivity index (χ0n) is 18.4. The van der Waals surface area contributed by atoms with Crippen molar-refractivity contribution in [2.24, 2.45) is 0 Å². The molecule has 0 atom stereocenters. The van der Waals surface area contributed by atoms with Crippen LogP contribution in [-0.2, 0) is 11.2 Å². The Hall–Kier alpha value is -2.68. The SMILES string of the molecule is Cc1cccc(N(C)Sc2ccc(CC(=O)Nc3nc(-c4sc(C)nc4C)cs3)cc2)c1. The van der Waals surface area contributed by atoms with E-state index in [1.807, 2.05) is 31.4 Å². The summed E-state index contributed by atoms with van der Waals surface area (Å²) in [6.07, 6.45) is 0.312. The average Bonchev–Trinajstić information content (AvgIpc) is 3.34. The van der Waals surface area contributed by atoms with Gasteiger partial charge in [0.15, 0.2) is 5.13 Å². The molecular weight excluding hydrogens is 456 g/mol. The van der Waals surface area contributed by atoms with Crippen LogP contribution in [0.3, 0.4) is 0 Å². The maximum absolute atomic E-state index is 12.5. The lowest BCUT2D eigenvalue weighted by Crippen LogP contribution is -2.14. The summed E-state index contributed by atoms with van der Waals surface area (Å²) in [5.41, 5.74) is 5.20. The van der Waals surface area contributed by atoms with Gasteiger partial charge >= 0.3 is 0 Å². The molecular formula is C24H24N4OS3. The van der Waals surface area contributed by atoms with Gasteiger partial charge in [0.25, 0.3) is 0 Å². The summed E-state index contributed by atoms with van der Waals surface area (Å²) < 4.78 is 2.14. The number of benzene rings is 2. The number of carbonyl (C=O) groups is 1. The molecule has 0 fully saturated rings. The zero-order valence-corrected chi connectivity index (χ0v) is 20.8. The maximum atomic E-state index is 12.5. The molecule has 0 aliphatic rings. The summed E-state index contributed by atoms with van der Waals surface area (Å²) in [5, 5.41) is 6.51. The number of nitrogens with zero attached hydrogens (tertiary/aromatic N) is 3. The molecule has 0 aliphatic heterocycles. The molecule has 0 saturated carbocycles. The number of rotatable bonds is 7. The Morgan fingerprint density at radius 3 is 2.56 bits per heavy atom. The van der Waals surface area contributed by atoms with Crippen LogP contribution in [0.1, 0.15) is 21.8 Å². The van der Waals surface area contributed by atoms with E-state index in [0.717, 1.165) is 37.4 Å². The highest BCUT2D eigenvalue weighted by atomic mass is 32.2. The van der Waals surface area contributed by atoms with Crippen molar-refractivity contribution in [2.45, 2.75) is 32.1 Å². The van der Waals surface area contributed by atoms with Crippen molar-refractivity contribution in [1.82, 2.24) is 9.97 Å². The zero-order chi connectivity index (χ0) is 22.7. The quantitative estimate of drug-likeness (QED) is 0.305. The van der Waals surface area contributed by atoms with Gasteiger partial charge in [0, 0.05) is 23.0 Å². The van der Waals surface area contributed by atoms with Gasteiger partial charge in [0.05, 0.1) is 27.7 Å². The molecule has 5 nitrogen and oxygen atoms in total. The summed E-state index contributed by atoms with van der Waals surface area (Å²) in [6.45, 7) is 6.06. The third-order valence-electron chi connectivity index (χ3n) is 4.78. The Labute approximate surface area is 200 Å². The van der Waals surface area contributed by atoms with Gasteiger partial charge in [-0.25, -0.2) is 9.97 Å². The first-order valence-electron chi connectivity index (χ1n) is 10.1. The predicted octanol–water partition coefficient (Wildman–Crippen LogP) is 6.52. The van der Waals surface area contributed by atoms with E-state index in [-0.39, 0.29) is 5.91 Å². The van der Waals surface area contributed by atoms with Crippen molar-refractivity contribution < 1.29 is 4.79 Å². The van der Waals surface area contributed by atoms with E-state index in [1.165, 1.54) is 16.9 Å². The second-order valence-electron chi connectivity index (χ2n) is 7.48. The van der Waals surface area contributed by atoms with Crippen LogP contribution in [0.2, 0.25) is 0 Å².